The van der Waals surface area contributed by atoms with Crippen LogP contribution in [0.15, 0.2) is 18.2 Å². The molecule has 0 atom stereocenters. The predicted molar refractivity (Wildman–Crippen MR) is 110 cm³/mol. The zero-order chi connectivity index (χ0) is 19.7. The summed E-state index contributed by atoms with van der Waals surface area (Å²) < 4.78 is 5.23. The van der Waals surface area contributed by atoms with Crippen molar-refractivity contribution in [1.82, 2.24) is 0 Å². The smallest absolute Gasteiger partial charge is 0.310 e. The Morgan fingerprint density at radius 1 is 0.778 bits per heavy atom. The van der Waals surface area contributed by atoms with Crippen molar-refractivity contribution in [2.45, 2.75) is 96.8 Å². The van der Waals surface area contributed by atoms with Crippen LogP contribution in [0.3, 0.4) is 0 Å². The van der Waals surface area contributed by atoms with Crippen LogP contribution in [0.25, 0.3) is 0 Å². The number of carbonyl (C=O) groups excluding carboxylic acids is 1. The van der Waals surface area contributed by atoms with Gasteiger partial charge < -0.3 is 14.9 Å². The van der Waals surface area contributed by atoms with Gasteiger partial charge in [0.05, 0.1) is 13.0 Å². The van der Waals surface area contributed by atoms with Crippen molar-refractivity contribution in [3.05, 3.63) is 23.8 Å². The molecule has 27 heavy (non-hydrogen) atoms. The van der Waals surface area contributed by atoms with E-state index in [2.05, 4.69) is 6.92 Å². The lowest BCUT2D eigenvalue weighted by molar-refractivity contribution is -0.142. The number of rotatable bonds is 16. The molecule has 0 radical (unpaired) electrons. The summed E-state index contributed by atoms with van der Waals surface area (Å²) in [7, 11) is 0. The molecule has 1 aromatic rings. The summed E-state index contributed by atoms with van der Waals surface area (Å²) in [6.07, 6.45) is 16.9. The van der Waals surface area contributed by atoms with Crippen LogP contribution in [0.4, 0.5) is 0 Å². The van der Waals surface area contributed by atoms with Crippen molar-refractivity contribution < 1.29 is 19.7 Å². The second-order valence-corrected chi connectivity index (χ2v) is 7.46. The van der Waals surface area contributed by atoms with Gasteiger partial charge in [-0.2, -0.15) is 0 Å². The van der Waals surface area contributed by atoms with Crippen LogP contribution >= 0.6 is 0 Å². The molecule has 0 bridgehead atoms. The molecule has 0 heterocycles. The van der Waals surface area contributed by atoms with E-state index in [4.69, 9.17) is 4.74 Å². The second-order valence-electron chi connectivity index (χ2n) is 7.46. The Bertz CT molecular complexity index is 513. The number of esters is 1. The van der Waals surface area contributed by atoms with E-state index in [1.165, 1.54) is 82.8 Å². The normalized spacial score (nSPS) is 10.9. The van der Waals surface area contributed by atoms with E-state index < -0.39 is 0 Å². The van der Waals surface area contributed by atoms with E-state index >= 15 is 0 Å². The third-order valence-corrected chi connectivity index (χ3v) is 4.90. The molecular formula is C23H38O4. The van der Waals surface area contributed by atoms with Crippen LogP contribution in [0.1, 0.15) is 96.0 Å². The zero-order valence-corrected chi connectivity index (χ0v) is 17.0. The quantitative estimate of drug-likeness (QED) is 0.202. The van der Waals surface area contributed by atoms with Crippen molar-refractivity contribution in [2.75, 3.05) is 6.61 Å². The van der Waals surface area contributed by atoms with Crippen molar-refractivity contribution in [3.8, 4) is 11.5 Å². The highest BCUT2D eigenvalue weighted by Gasteiger charge is 2.07. The van der Waals surface area contributed by atoms with Gasteiger partial charge in [0.15, 0.2) is 11.5 Å². The minimum atomic E-state index is -0.293. The number of ether oxygens (including phenoxy) is 1. The lowest BCUT2D eigenvalue weighted by Crippen LogP contribution is -2.09. The largest absolute Gasteiger partial charge is 0.504 e. The van der Waals surface area contributed by atoms with Crippen LogP contribution in [0, 0.1) is 0 Å². The summed E-state index contributed by atoms with van der Waals surface area (Å²) in [5, 5.41) is 18.7. The summed E-state index contributed by atoms with van der Waals surface area (Å²) in [5.41, 5.74) is 0.640. The first kappa shape index (κ1) is 23.3. The molecule has 0 saturated heterocycles. The van der Waals surface area contributed by atoms with Gasteiger partial charge in [0.2, 0.25) is 0 Å². The molecule has 0 aliphatic rings. The van der Waals surface area contributed by atoms with Gasteiger partial charge in [-0.15, -0.1) is 0 Å². The number of unbranched alkanes of at least 4 members (excludes halogenated alkanes) is 12. The summed E-state index contributed by atoms with van der Waals surface area (Å²) >= 11 is 0. The molecule has 1 rings (SSSR count). The average Bonchev–Trinajstić information content (AvgIpc) is 2.65. The number of aromatic hydroxyl groups is 2. The number of carbonyl (C=O) groups is 1. The molecule has 0 fully saturated rings. The summed E-state index contributed by atoms with van der Waals surface area (Å²) in [6, 6.07) is 4.38. The first-order valence-corrected chi connectivity index (χ1v) is 10.8. The van der Waals surface area contributed by atoms with E-state index in [1.54, 1.807) is 6.07 Å². The molecule has 0 saturated carbocycles. The van der Waals surface area contributed by atoms with Gasteiger partial charge in [-0.1, -0.05) is 90.0 Å². The number of phenolic OH excluding ortho intramolecular Hbond substituents is 2. The Morgan fingerprint density at radius 2 is 1.30 bits per heavy atom. The Labute approximate surface area is 164 Å². The first-order chi connectivity index (χ1) is 13.1. The highest BCUT2D eigenvalue weighted by atomic mass is 16.5. The second kappa shape index (κ2) is 15.4. The number of benzene rings is 1. The van der Waals surface area contributed by atoms with Crippen molar-refractivity contribution >= 4 is 5.97 Å². The number of hydrogen-bond donors (Lipinski definition) is 2. The van der Waals surface area contributed by atoms with E-state index in [0.717, 1.165) is 12.8 Å². The summed E-state index contributed by atoms with van der Waals surface area (Å²) in [4.78, 5) is 11.8. The lowest BCUT2D eigenvalue weighted by atomic mass is 10.0. The number of hydrogen-bond acceptors (Lipinski definition) is 4. The van der Waals surface area contributed by atoms with E-state index in [9.17, 15) is 15.0 Å². The molecule has 0 aliphatic heterocycles. The van der Waals surface area contributed by atoms with Gasteiger partial charge >= 0.3 is 5.97 Å². The molecule has 0 amide bonds. The molecular weight excluding hydrogens is 340 g/mol. The van der Waals surface area contributed by atoms with Gasteiger partial charge in [0.25, 0.3) is 0 Å². The predicted octanol–water partition coefficient (Wildman–Crippen LogP) is 6.27. The van der Waals surface area contributed by atoms with Crippen LogP contribution in [-0.2, 0) is 16.0 Å². The molecule has 1 aromatic carbocycles. The standard InChI is InChI=1S/C23H38O4/c1-2-3-4-5-6-7-8-9-10-11-12-13-14-17-27-23(26)19-20-15-16-21(24)22(25)18-20/h15-16,18,24-25H,2-14,17,19H2,1H3. The maximum atomic E-state index is 11.8. The number of phenols is 2. The van der Waals surface area contributed by atoms with Crippen molar-refractivity contribution in [1.29, 1.82) is 0 Å². The highest BCUT2D eigenvalue weighted by Crippen LogP contribution is 2.25. The molecule has 0 spiro atoms. The SMILES string of the molecule is CCCCCCCCCCCCCCCOC(=O)Cc1ccc(O)c(O)c1. The van der Waals surface area contributed by atoms with Crippen molar-refractivity contribution in [2.24, 2.45) is 0 Å². The first-order valence-electron chi connectivity index (χ1n) is 10.8. The Morgan fingerprint density at radius 3 is 1.81 bits per heavy atom. The molecule has 0 aliphatic carbocycles. The Kier molecular flexibility index (Phi) is 13.3. The van der Waals surface area contributed by atoms with E-state index in [0.29, 0.717) is 12.2 Å². The highest BCUT2D eigenvalue weighted by molar-refractivity contribution is 5.72. The maximum absolute atomic E-state index is 11.8. The van der Waals surface area contributed by atoms with Crippen LogP contribution in [0.5, 0.6) is 11.5 Å². The molecule has 4 nitrogen and oxygen atoms in total. The van der Waals surface area contributed by atoms with Crippen LogP contribution in [0.2, 0.25) is 0 Å². The fourth-order valence-corrected chi connectivity index (χ4v) is 3.20. The van der Waals surface area contributed by atoms with Gasteiger partial charge in [-0.25, -0.2) is 0 Å². The summed E-state index contributed by atoms with van der Waals surface area (Å²) in [6.45, 7) is 2.72. The van der Waals surface area contributed by atoms with Crippen LogP contribution in [-0.4, -0.2) is 22.8 Å². The molecule has 0 aromatic heterocycles. The molecule has 0 unspecified atom stereocenters. The monoisotopic (exact) mass is 378 g/mol. The summed E-state index contributed by atoms with van der Waals surface area (Å²) in [5.74, 6) is -0.685. The third-order valence-electron chi connectivity index (χ3n) is 4.90. The van der Waals surface area contributed by atoms with E-state index in [-0.39, 0.29) is 23.9 Å². The fourth-order valence-electron chi connectivity index (χ4n) is 3.20. The average molecular weight is 379 g/mol. The lowest BCUT2D eigenvalue weighted by Gasteiger charge is -2.06. The van der Waals surface area contributed by atoms with Crippen LogP contribution < -0.4 is 0 Å². The van der Waals surface area contributed by atoms with Gasteiger partial charge in [0, 0.05) is 0 Å². The van der Waals surface area contributed by atoms with Gasteiger partial charge in [-0.05, 0) is 24.1 Å². The molecule has 4 heteroatoms. The zero-order valence-electron chi connectivity index (χ0n) is 17.0. The maximum Gasteiger partial charge on any atom is 0.310 e. The van der Waals surface area contributed by atoms with Crippen molar-refractivity contribution in [3.63, 3.8) is 0 Å². The third kappa shape index (κ3) is 12.3. The van der Waals surface area contributed by atoms with Gasteiger partial charge in [0.1, 0.15) is 0 Å². The van der Waals surface area contributed by atoms with Gasteiger partial charge in [-0.3, -0.25) is 4.79 Å². The van der Waals surface area contributed by atoms with E-state index in [1.807, 2.05) is 0 Å². The molecule has 154 valence electrons. The molecule has 2 N–H and O–H groups in total. The Hall–Kier alpha value is -1.71. The minimum Gasteiger partial charge on any atom is -0.504 e. The Balaban J connectivity index is 1.88. The fraction of sp³-hybridized carbons (Fsp3) is 0.696. The minimum absolute atomic E-state index is 0.117. The topological polar surface area (TPSA) is 66.8 Å².